The minimum atomic E-state index is 0.605. The molecule has 0 bridgehead atoms. The first-order valence-electron chi connectivity index (χ1n) is 16.9. The van der Waals surface area contributed by atoms with E-state index in [1.54, 1.807) is 11.3 Å². The van der Waals surface area contributed by atoms with E-state index >= 15 is 0 Å². The molecule has 0 atom stereocenters. The van der Waals surface area contributed by atoms with Crippen LogP contribution in [-0.2, 0) is 0 Å². The molecule has 7 aromatic carbocycles. The lowest BCUT2D eigenvalue weighted by atomic mass is 10.1. The van der Waals surface area contributed by atoms with Crippen molar-refractivity contribution < 1.29 is 4.42 Å². The van der Waals surface area contributed by atoms with Crippen molar-refractivity contribution in [1.82, 2.24) is 19.5 Å². The molecule has 238 valence electrons. The molecule has 0 amide bonds. The van der Waals surface area contributed by atoms with Gasteiger partial charge in [0.25, 0.3) is 0 Å². The molecule has 11 aromatic rings. The topological polar surface area (TPSA) is 56.7 Å². The van der Waals surface area contributed by atoms with Crippen LogP contribution in [0.4, 0.5) is 0 Å². The normalized spacial score (nSPS) is 11.9. The summed E-state index contributed by atoms with van der Waals surface area (Å²) in [4.78, 5) is 15.3. The van der Waals surface area contributed by atoms with Crippen molar-refractivity contribution in [1.29, 1.82) is 0 Å². The Balaban J connectivity index is 1.10. The standard InChI is InChI=1S/C45H26N4OS/c1-2-11-27(12-3-1)43-46-44(28-21-23-33-32-15-6-9-20-39(32)50-40(33)25-28)48-45(47-43)36-17-10-16-35-34-24-22-29(26-41(34)51-42(35)36)49-37-18-7-4-13-30(37)31-14-5-8-19-38(31)49/h1-26H. The van der Waals surface area contributed by atoms with Crippen LogP contribution < -0.4 is 0 Å². The van der Waals surface area contributed by atoms with E-state index in [9.17, 15) is 0 Å². The minimum Gasteiger partial charge on any atom is -0.456 e. The molecular weight excluding hydrogens is 645 g/mol. The number of para-hydroxylation sites is 3. The van der Waals surface area contributed by atoms with Crippen molar-refractivity contribution in [3.05, 3.63) is 158 Å². The maximum Gasteiger partial charge on any atom is 0.165 e. The smallest absolute Gasteiger partial charge is 0.165 e. The van der Waals surface area contributed by atoms with Gasteiger partial charge in [0.15, 0.2) is 17.5 Å². The van der Waals surface area contributed by atoms with Crippen LogP contribution >= 0.6 is 11.3 Å². The Morgan fingerprint density at radius 1 is 0.431 bits per heavy atom. The second-order valence-electron chi connectivity index (χ2n) is 12.8. The summed E-state index contributed by atoms with van der Waals surface area (Å²) < 4.78 is 11.0. The maximum atomic E-state index is 6.25. The number of aromatic nitrogens is 4. The van der Waals surface area contributed by atoms with Gasteiger partial charge in [0.2, 0.25) is 0 Å². The Hall–Kier alpha value is -6.63. The summed E-state index contributed by atoms with van der Waals surface area (Å²) in [7, 11) is 0. The fourth-order valence-corrected chi connectivity index (χ4v) is 8.75. The number of hydrogen-bond donors (Lipinski definition) is 0. The molecule has 0 aliphatic heterocycles. The van der Waals surface area contributed by atoms with E-state index in [4.69, 9.17) is 19.4 Å². The molecule has 4 aromatic heterocycles. The molecule has 0 spiro atoms. The van der Waals surface area contributed by atoms with E-state index in [1.807, 2.05) is 54.6 Å². The fourth-order valence-electron chi connectivity index (χ4n) is 7.51. The first-order chi connectivity index (χ1) is 25.3. The van der Waals surface area contributed by atoms with Crippen LogP contribution in [-0.4, -0.2) is 19.5 Å². The predicted molar refractivity (Wildman–Crippen MR) is 211 cm³/mol. The highest BCUT2D eigenvalue weighted by atomic mass is 32.1. The van der Waals surface area contributed by atoms with Crippen molar-refractivity contribution in [2.75, 3.05) is 0 Å². The minimum absolute atomic E-state index is 0.605. The van der Waals surface area contributed by atoms with E-state index in [1.165, 1.54) is 37.3 Å². The number of hydrogen-bond acceptors (Lipinski definition) is 5. The Morgan fingerprint density at radius 3 is 1.86 bits per heavy atom. The summed E-state index contributed by atoms with van der Waals surface area (Å²) in [6, 6.07) is 55.0. The molecule has 0 radical (unpaired) electrons. The van der Waals surface area contributed by atoms with Crippen LogP contribution in [0, 0.1) is 0 Å². The third-order valence-corrected chi connectivity index (χ3v) is 11.1. The average molecular weight is 671 g/mol. The molecule has 0 aliphatic rings. The van der Waals surface area contributed by atoms with E-state index in [-0.39, 0.29) is 0 Å². The lowest BCUT2D eigenvalue weighted by Gasteiger charge is -2.09. The zero-order valence-corrected chi connectivity index (χ0v) is 27.9. The molecule has 0 aliphatic carbocycles. The van der Waals surface area contributed by atoms with E-state index in [0.717, 1.165) is 49.0 Å². The van der Waals surface area contributed by atoms with Crippen molar-refractivity contribution in [3.8, 4) is 39.9 Å². The van der Waals surface area contributed by atoms with Gasteiger partial charge in [-0.05, 0) is 48.5 Å². The SMILES string of the molecule is c1ccc(-c2nc(-c3ccc4c(c3)oc3ccccc34)nc(-c3cccc4c3sc3cc(-n5c6ccccc6c6ccccc65)ccc34)n2)cc1. The number of furan rings is 1. The molecule has 0 saturated carbocycles. The Bertz CT molecular complexity index is 3100. The largest absolute Gasteiger partial charge is 0.456 e. The molecule has 51 heavy (non-hydrogen) atoms. The van der Waals surface area contributed by atoms with Crippen LogP contribution in [0.1, 0.15) is 0 Å². The van der Waals surface area contributed by atoms with E-state index < -0.39 is 0 Å². The highest BCUT2D eigenvalue weighted by molar-refractivity contribution is 7.26. The van der Waals surface area contributed by atoms with Crippen LogP contribution in [0.15, 0.2) is 162 Å². The lowest BCUT2D eigenvalue weighted by molar-refractivity contribution is 0.669. The summed E-state index contributed by atoms with van der Waals surface area (Å²) in [6.45, 7) is 0. The van der Waals surface area contributed by atoms with Crippen molar-refractivity contribution in [3.63, 3.8) is 0 Å². The molecule has 5 nitrogen and oxygen atoms in total. The summed E-state index contributed by atoms with van der Waals surface area (Å²) in [5.41, 5.74) is 8.01. The third-order valence-electron chi connectivity index (χ3n) is 9.87. The van der Waals surface area contributed by atoms with Crippen LogP contribution in [0.2, 0.25) is 0 Å². The van der Waals surface area contributed by atoms with Gasteiger partial charge in [0.1, 0.15) is 11.2 Å². The Labute approximate surface area is 295 Å². The summed E-state index contributed by atoms with van der Waals surface area (Å²) >= 11 is 1.78. The van der Waals surface area contributed by atoms with E-state index in [2.05, 4.69) is 108 Å². The highest BCUT2D eigenvalue weighted by Crippen LogP contribution is 2.42. The summed E-state index contributed by atoms with van der Waals surface area (Å²) in [5.74, 6) is 1.88. The maximum absolute atomic E-state index is 6.25. The first kappa shape index (κ1) is 28.2. The monoisotopic (exact) mass is 670 g/mol. The van der Waals surface area contributed by atoms with Gasteiger partial charge in [0.05, 0.1) is 11.0 Å². The summed E-state index contributed by atoms with van der Waals surface area (Å²) in [6.07, 6.45) is 0. The quantitative estimate of drug-likeness (QED) is 0.187. The number of thiophene rings is 1. The third kappa shape index (κ3) is 4.37. The van der Waals surface area contributed by atoms with Crippen LogP contribution in [0.5, 0.6) is 0 Å². The van der Waals surface area contributed by atoms with Gasteiger partial charge in [-0.25, -0.2) is 15.0 Å². The molecule has 11 rings (SSSR count). The highest BCUT2D eigenvalue weighted by Gasteiger charge is 2.19. The van der Waals surface area contributed by atoms with Gasteiger partial charge in [0, 0.05) is 64.1 Å². The molecule has 4 heterocycles. The first-order valence-corrected chi connectivity index (χ1v) is 17.8. The molecule has 6 heteroatoms. The van der Waals surface area contributed by atoms with Crippen molar-refractivity contribution in [2.45, 2.75) is 0 Å². The van der Waals surface area contributed by atoms with Gasteiger partial charge in [-0.1, -0.05) is 109 Å². The molecule has 0 N–H and O–H groups in total. The average Bonchev–Trinajstić information content (AvgIpc) is 3.87. The van der Waals surface area contributed by atoms with Crippen LogP contribution in [0.25, 0.3) is 104 Å². The number of benzene rings is 7. The Morgan fingerprint density at radius 2 is 1.06 bits per heavy atom. The lowest BCUT2D eigenvalue weighted by Crippen LogP contribution is -2.00. The van der Waals surface area contributed by atoms with E-state index in [0.29, 0.717) is 17.5 Å². The van der Waals surface area contributed by atoms with Crippen molar-refractivity contribution in [2.24, 2.45) is 0 Å². The van der Waals surface area contributed by atoms with Gasteiger partial charge in [-0.15, -0.1) is 11.3 Å². The zero-order valence-electron chi connectivity index (χ0n) is 27.1. The number of fused-ring (bicyclic) bond motifs is 9. The van der Waals surface area contributed by atoms with Crippen LogP contribution in [0.3, 0.4) is 0 Å². The fraction of sp³-hybridized carbons (Fsp3) is 0. The van der Waals surface area contributed by atoms with Gasteiger partial charge < -0.3 is 8.98 Å². The van der Waals surface area contributed by atoms with Crippen molar-refractivity contribution >= 4 is 75.3 Å². The van der Waals surface area contributed by atoms with Gasteiger partial charge in [-0.3, -0.25) is 0 Å². The van der Waals surface area contributed by atoms with Gasteiger partial charge >= 0.3 is 0 Å². The second-order valence-corrected chi connectivity index (χ2v) is 13.9. The predicted octanol–water partition coefficient (Wildman–Crippen LogP) is 12.2. The second kappa shape index (κ2) is 10.9. The van der Waals surface area contributed by atoms with Gasteiger partial charge in [-0.2, -0.15) is 0 Å². The Kier molecular flexibility index (Phi) is 6.05. The zero-order chi connectivity index (χ0) is 33.5. The molecule has 0 saturated heterocycles. The molecular formula is C45H26N4OS. The number of rotatable bonds is 4. The summed E-state index contributed by atoms with van der Waals surface area (Å²) in [5, 5.41) is 7.08. The molecule has 0 unspecified atom stereocenters. The molecule has 0 fully saturated rings. The number of nitrogens with zero attached hydrogens (tertiary/aromatic N) is 4.